The quantitative estimate of drug-likeness (QED) is 0.861. The van der Waals surface area contributed by atoms with E-state index in [2.05, 4.69) is 34.1 Å². The Morgan fingerprint density at radius 2 is 1.95 bits per heavy atom. The van der Waals surface area contributed by atoms with Crippen LogP contribution in [-0.2, 0) is 13.0 Å². The van der Waals surface area contributed by atoms with Crippen molar-refractivity contribution in [3.05, 3.63) is 59.8 Å². The van der Waals surface area contributed by atoms with Crippen molar-refractivity contribution < 1.29 is 5.11 Å². The Morgan fingerprint density at radius 3 is 2.76 bits per heavy atom. The van der Waals surface area contributed by atoms with Crippen molar-refractivity contribution in [2.24, 2.45) is 0 Å². The largest absolute Gasteiger partial charge is 0.391 e. The molecule has 0 spiro atoms. The van der Waals surface area contributed by atoms with Gasteiger partial charge in [-0.1, -0.05) is 30.3 Å². The highest BCUT2D eigenvalue weighted by atomic mass is 32.2. The molecular weight excluding hydrogens is 280 g/mol. The maximum Gasteiger partial charge on any atom is 0.0960 e. The van der Waals surface area contributed by atoms with Gasteiger partial charge in [-0.05, 0) is 29.7 Å². The monoisotopic (exact) mass is 300 g/mol. The first-order chi connectivity index (χ1) is 10.3. The maximum atomic E-state index is 10.2. The first-order valence-corrected chi connectivity index (χ1v) is 8.31. The van der Waals surface area contributed by atoms with Crippen LogP contribution in [0.1, 0.15) is 11.1 Å². The number of fused-ring (bicyclic) bond motifs is 1. The smallest absolute Gasteiger partial charge is 0.0960 e. The minimum Gasteiger partial charge on any atom is -0.391 e. The molecule has 3 rings (SSSR count). The molecule has 21 heavy (non-hydrogen) atoms. The molecule has 1 aromatic heterocycles. The highest BCUT2D eigenvalue weighted by Gasteiger charge is 2.18. The van der Waals surface area contributed by atoms with Gasteiger partial charge in [0.05, 0.1) is 11.1 Å². The van der Waals surface area contributed by atoms with Gasteiger partial charge in [-0.3, -0.25) is 4.90 Å². The molecule has 1 atom stereocenters. The Kier molecular flexibility index (Phi) is 4.91. The van der Waals surface area contributed by atoms with Crippen molar-refractivity contribution >= 4 is 11.8 Å². The Hall–Kier alpha value is -1.36. The number of aromatic nitrogens is 1. The number of pyridine rings is 1. The molecule has 0 aliphatic carbocycles. The van der Waals surface area contributed by atoms with Gasteiger partial charge < -0.3 is 5.11 Å². The Bertz CT molecular complexity index is 576. The summed E-state index contributed by atoms with van der Waals surface area (Å²) in [6.45, 7) is 2.71. The van der Waals surface area contributed by atoms with E-state index in [1.165, 1.54) is 11.1 Å². The summed E-state index contributed by atoms with van der Waals surface area (Å²) < 4.78 is 0. The van der Waals surface area contributed by atoms with Crippen LogP contribution in [0.15, 0.2) is 53.7 Å². The summed E-state index contributed by atoms with van der Waals surface area (Å²) in [6.07, 6.45) is 2.55. The molecule has 0 radical (unpaired) electrons. The molecule has 0 amide bonds. The summed E-state index contributed by atoms with van der Waals surface area (Å²) in [5.41, 5.74) is 2.85. The molecule has 1 aliphatic rings. The van der Waals surface area contributed by atoms with E-state index in [1.807, 2.05) is 18.2 Å². The van der Waals surface area contributed by atoms with Gasteiger partial charge in [-0.25, -0.2) is 4.98 Å². The van der Waals surface area contributed by atoms with Crippen molar-refractivity contribution in [2.45, 2.75) is 24.1 Å². The first-order valence-electron chi connectivity index (χ1n) is 7.32. The molecule has 1 aromatic carbocycles. The van der Waals surface area contributed by atoms with Crippen molar-refractivity contribution in [3.63, 3.8) is 0 Å². The van der Waals surface area contributed by atoms with E-state index in [-0.39, 0.29) is 6.10 Å². The molecule has 2 heterocycles. The van der Waals surface area contributed by atoms with Gasteiger partial charge >= 0.3 is 0 Å². The summed E-state index contributed by atoms with van der Waals surface area (Å²) in [4.78, 5) is 6.60. The van der Waals surface area contributed by atoms with Crippen LogP contribution in [0.2, 0.25) is 0 Å². The predicted molar refractivity (Wildman–Crippen MR) is 86.4 cm³/mol. The highest BCUT2D eigenvalue weighted by molar-refractivity contribution is 7.99. The zero-order valence-electron chi connectivity index (χ0n) is 12.0. The number of aliphatic hydroxyl groups is 1. The van der Waals surface area contributed by atoms with E-state index in [9.17, 15) is 5.11 Å². The van der Waals surface area contributed by atoms with Crippen molar-refractivity contribution in [1.29, 1.82) is 0 Å². The average Bonchev–Trinajstić information content (AvgIpc) is 2.54. The summed E-state index contributed by atoms with van der Waals surface area (Å²) in [5, 5.41) is 11.2. The van der Waals surface area contributed by atoms with Crippen LogP contribution in [0.5, 0.6) is 0 Å². The van der Waals surface area contributed by atoms with Gasteiger partial charge in [-0.2, -0.15) is 0 Å². The summed E-state index contributed by atoms with van der Waals surface area (Å²) in [6, 6.07) is 14.5. The molecule has 1 unspecified atom stereocenters. The number of hydrogen-bond donors (Lipinski definition) is 1. The lowest BCUT2D eigenvalue weighted by Gasteiger charge is -2.30. The van der Waals surface area contributed by atoms with Gasteiger partial charge in [0.1, 0.15) is 0 Å². The highest BCUT2D eigenvalue weighted by Crippen LogP contribution is 2.20. The van der Waals surface area contributed by atoms with Crippen molar-refractivity contribution in [2.75, 3.05) is 18.8 Å². The number of aliphatic hydroxyl groups excluding tert-OH is 1. The second kappa shape index (κ2) is 7.07. The SMILES string of the molecule is OC(CSc1ccccn1)CN1CCc2ccccc2C1. The molecule has 1 N–H and O–H groups in total. The first kappa shape index (κ1) is 14.6. The zero-order chi connectivity index (χ0) is 14.5. The van der Waals surface area contributed by atoms with Crippen LogP contribution in [0.4, 0.5) is 0 Å². The molecule has 0 bridgehead atoms. The fourth-order valence-corrected chi connectivity index (χ4v) is 3.45. The number of thioether (sulfide) groups is 1. The molecule has 0 saturated carbocycles. The van der Waals surface area contributed by atoms with Gasteiger partial charge in [-0.15, -0.1) is 11.8 Å². The van der Waals surface area contributed by atoms with Crippen LogP contribution < -0.4 is 0 Å². The van der Waals surface area contributed by atoms with E-state index < -0.39 is 0 Å². The van der Waals surface area contributed by atoms with Crippen molar-refractivity contribution in [1.82, 2.24) is 9.88 Å². The lowest BCUT2D eigenvalue weighted by Crippen LogP contribution is -2.37. The van der Waals surface area contributed by atoms with E-state index in [4.69, 9.17) is 0 Å². The third-order valence-electron chi connectivity index (χ3n) is 3.74. The minimum absolute atomic E-state index is 0.317. The van der Waals surface area contributed by atoms with E-state index in [0.717, 1.165) is 31.1 Å². The van der Waals surface area contributed by atoms with E-state index >= 15 is 0 Å². The van der Waals surface area contributed by atoms with Gasteiger partial charge in [0, 0.05) is 31.6 Å². The van der Waals surface area contributed by atoms with Gasteiger partial charge in [0.15, 0.2) is 0 Å². The molecule has 0 fully saturated rings. The number of hydrogen-bond acceptors (Lipinski definition) is 4. The second-order valence-electron chi connectivity index (χ2n) is 5.39. The number of nitrogens with zero attached hydrogens (tertiary/aromatic N) is 2. The van der Waals surface area contributed by atoms with Gasteiger partial charge in [0.25, 0.3) is 0 Å². The Balaban J connectivity index is 1.49. The molecule has 3 nitrogen and oxygen atoms in total. The third-order valence-corrected chi connectivity index (χ3v) is 4.83. The topological polar surface area (TPSA) is 36.4 Å². The zero-order valence-corrected chi connectivity index (χ0v) is 12.8. The van der Waals surface area contributed by atoms with Crippen LogP contribution in [-0.4, -0.2) is 39.9 Å². The Labute approximate surface area is 130 Å². The summed E-state index contributed by atoms with van der Waals surface area (Å²) in [7, 11) is 0. The molecule has 1 aliphatic heterocycles. The van der Waals surface area contributed by atoms with Crippen LogP contribution in [0, 0.1) is 0 Å². The molecule has 2 aromatic rings. The predicted octanol–water partition coefficient (Wildman–Crippen LogP) is 2.59. The molecular formula is C17H20N2OS. The van der Waals surface area contributed by atoms with Crippen LogP contribution in [0.3, 0.4) is 0 Å². The summed E-state index contributed by atoms with van der Waals surface area (Å²) >= 11 is 1.61. The van der Waals surface area contributed by atoms with Gasteiger partial charge in [0.2, 0.25) is 0 Å². The Morgan fingerprint density at radius 1 is 1.14 bits per heavy atom. The van der Waals surface area contributed by atoms with Crippen LogP contribution in [0.25, 0.3) is 0 Å². The minimum atomic E-state index is -0.317. The normalized spacial score (nSPS) is 16.4. The van der Waals surface area contributed by atoms with Crippen molar-refractivity contribution in [3.8, 4) is 0 Å². The molecule has 110 valence electrons. The fourth-order valence-electron chi connectivity index (χ4n) is 2.67. The summed E-state index contributed by atoms with van der Waals surface area (Å²) in [5.74, 6) is 0.690. The standard InChI is InChI=1S/C17H20N2OS/c20-16(13-21-17-7-3-4-9-18-17)12-19-10-8-14-5-1-2-6-15(14)11-19/h1-7,9,16,20H,8,10-13H2. The lowest BCUT2D eigenvalue weighted by atomic mass is 10.00. The van der Waals surface area contributed by atoms with E-state index in [1.54, 1.807) is 18.0 Å². The fraction of sp³-hybridized carbons (Fsp3) is 0.353. The third kappa shape index (κ3) is 4.06. The average molecular weight is 300 g/mol. The van der Waals surface area contributed by atoms with Crippen LogP contribution >= 0.6 is 11.8 Å². The maximum absolute atomic E-state index is 10.2. The second-order valence-corrected chi connectivity index (χ2v) is 6.43. The molecule has 4 heteroatoms. The molecule has 0 saturated heterocycles. The number of β-amino-alcohol motifs (C(OH)–C–C–N with tert-alkyl or cyclic N) is 1. The number of rotatable bonds is 5. The van der Waals surface area contributed by atoms with E-state index in [0.29, 0.717) is 5.75 Å². The lowest BCUT2D eigenvalue weighted by molar-refractivity contribution is 0.122. The number of benzene rings is 1.